The van der Waals surface area contributed by atoms with Gasteiger partial charge in [-0.2, -0.15) is 0 Å². The zero-order valence-corrected chi connectivity index (χ0v) is 12.9. The van der Waals surface area contributed by atoms with Gasteiger partial charge in [-0.3, -0.25) is 4.98 Å². The molecule has 0 unspecified atom stereocenters. The predicted octanol–water partition coefficient (Wildman–Crippen LogP) is 4.33. The number of benzene rings is 1. The summed E-state index contributed by atoms with van der Waals surface area (Å²) in [5.74, 6) is 0.907. The van der Waals surface area contributed by atoms with Gasteiger partial charge in [0, 0.05) is 23.3 Å². The maximum absolute atomic E-state index is 5.61. The van der Waals surface area contributed by atoms with Crippen LogP contribution in [0.15, 0.2) is 18.2 Å². The summed E-state index contributed by atoms with van der Waals surface area (Å²) in [6.45, 7) is 10.1. The van der Waals surface area contributed by atoms with Crippen molar-refractivity contribution in [1.29, 1.82) is 0 Å². The van der Waals surface area contributed by atoms with Gasteiger partial charge in [0.15, 0.2) is 0 Å². The zero-order chi connectivity index (χ0) is 14.5. The molecule has 0 atom stereocenters. The van der Waals surface area contributed by atoms with Gasteiger partial charge in [-0.1, -0.05) is 13.8 Å². The standard InChI is InChI=1S/C17H24N2O/c1-5-10-18-17-12(4)15(6-2)19-16-9-8-13(20-7-3)11-14(16)17/h8-9,11H,5-7,10H2,1-4H3,(H,18,19). The molecule has 20 heavy (non-hydrogen) atoms. The van der Waals surface area contributed by atoms with Crippen molar-refractivity contribution >= 4 is 16.6 Å². The van der Waals surface area contributed by atoms with E-state index in [9.17, 15) is 0 Å². The molecule has 3 nitrogen and oxygen atoms in total. The summed E-state index contributed by atoms with van der Waals surface area (Å²) in [4.78, 5) is 4.77. The first-order valence-electron chi connectivity index (χ1n) is 7.51. The van der Waals surface area contributed by atoms with E-state index in [1.807, 2.05) is 13.0 Å². The van der Waals surface area contributed by atoms with Gasteiger partial charge in [0.25, 0.3) is 0 Å². The number of nitrogens with one attached hydrogen (secondary N) is 1. The van der Waals surface area contributed by atoms with E-state index in [4.69, 9.17) is 9.72 Å². The van der Waals surface area contributed by atoms with Crippen LogP contribution < -0.4 is 10.1 Å². The fraction of sp³-hybridized carbons (Fsp3) is 0.471. The molecule has 0 radical (unpaired) electrons. The van der Waals surface area contributed by atoms with E-state index in [-0.39, 0.29) is 0 Å². The SMILES string of the molecule is CCCNc1c(C)c(CC)nc2ccc(OCC)cc12. The van der Waals surface area contributed by atoms with Crippen molar-refractivity contribution in [2.75, 3.05) is 18.5 Å². The molecule has 0 aliphatic carbocycles. The first-order valence-corrected chi connectivity index (χ1v) is 7.51. The smallest absolute Gasteiger partial charge is 0.120 e. The van der Waals surface area contributed by atoms with Gasteiger partial charge in [-0.25, -0.2) is 0 Å². The minimum atomic E-state index is 0.683. The number of fused-ring (bicyclic) bond motifs is 1. The van der Waals surface area contributed by atoms with Crippen LogP contribution in [0.2, 0.25) is 0 Å². The third-order valence-electron chi connectivity index (χ3n) is 3.50. The zero-order valence-electron chi connectivity index (χ0n) is 12.9. The largest absolute Gasteiger partial charge is 0.494 e. The average molecular weight is 272 g/mol. The molecule has 2 aromatic rings. The highest BCUT2D eigenvalue weighted by Gasteiger charge is 2.11. The van der Waals surface area contributed by atoms with Crippen LogP contribution in [-0.2, 0) is 6.42 Å². The fourth-order valence-electron chi connectivity index (χ4n) is 2.47. The van der Waals surface area contributed by atoms with Crippen LogP contribution in [0.3, 0.4) is 0 Å². The number of ether oxygens (including phenoxy) is 1. The Labute approximate surface area is 121 Å². The first kappa shape index (κ1) is 14.6. The maximum atomic E-state index is 5.61. The highest BCUT2D eigenvalue weighted by atomic mass is 16.5. The summed E-state index contributed by atoms with van der Waals surface area (Å²) >= 11 is 0. The molecular formula is C17H24N2O. The second-order valence-corrected chi connectivity index (χ2v) is 4.95. The van der Waals surface area contributed by atoms with Crippen LogP contribution in [0, 0.1) is 6.92 Å². The second kappa shape index (κ2) is 6.60. The number of aryl methyl sites for hydroxylation is 1. The van der Waals surface area contributed by atoms with Crippen molar-refractivity contribution in [3.63, 3.8) is 0 Å². The van der Waals surface area contributed by atoms with E-state index in [0.29, 0.717) is 6.61 Å². The van der Waals surface area contributed by atoms with Gasteiger partial charge in [-0.05, 0) is 50.5 Å². The van der Waals surface area contributed by atoms with Crippen molar-refractivity contribution in [3.05, 3.63) is 29.5 Å². The molecule has 0 bridgehead atoms. The minimum Gasteiger partial charge on any atom is -0.494 e. The first-order chi connectivity index (χ1) is 9.71. The molecule has 0 fully saturated rings. The lowest BCUT2D eigenvalue weighted by Gasteiger charge is -2.16. The van der Waals surface area contributed by atoms with Crippen LogP contribution in [0.5, 0.6) is 5.75 Å². The predicted molar refractivity (Wildman–Crippen MR) is 85.8 cm³/mol. The summed E-state index contributed by atoms with van der Waals surface area (Å²) in [5, 5.41) is 4.71. The molecule has 1 aromatic heterocycles. The van der Waals surface area contributed by atoms with Gasteiger partial charge in [0.2, 0.25) is 0 Å². The molecule has 0 saturated carbocycles. The third kappa shape index (κ3) is 2.87. The summed E-state index contributed by atoms with van der Waals surface area (Å²) in [5.41, 5.74) is 4.66. The van der Waals surface area contributed by atoms with Crippen LogP contribution in [0.25, 0.3) is 10.9 Å². The summed E-state index contributed by atoms with van der Waals surface area (Å²) < 4.78 is 5.61. The van der Waals surface area contributed by atoms with Gasteiger partial charge < -0.3 is 10.1 Å². The molecule has 2 rings (SSSR count). The molecule has 108 valence electrons. The molecule has 0 aliphatic rings. The Morgan fingerprint density at radius 2 is 2.00 bits per heavy atom. The van der Waals surface area contributed by atoms with Gasteiger partial charge in [-0.15, -0.1) is 0 Å². The molecule has 1 heterocycles. The van der Waals surface area contributed by atoms with Crippen molar-refractivity contribution in [2.45, 2.75) is 40.5 Å². The maximum Gasteiger partial charge on any atom is 0.120 e. The molecule has 0 saturated heterocycles. The summed E-state index contributed by atoms with van der Waals surface area (Å²) in [7, 11) is 0. The molecule has 0 spiro atoms. The summed E-state index contributed by atoms with van der Waals surface area (Å²) in [6, 6.07) is 6.14. The van der Waals surface area contributed by atoms with Crippen molar-refractivity contribution in [3.8, 4) is 5.75 Å². The average Bonchev–Trinajstić information content (AvgIpc) is 2.46. The van der Waals surface area contributed by atoms with E-state index >= 15 is 0 Å². The monoisotopic (exact) mass is 272 g/mol. The van der Waals surface area contributed by atoms with Gasteiger partial charge >= 0.3 is 0 Å². The number of aromatic nitrogens is 1. The van der Waals surface area contributed by atoms with Crippen LogP contribution in [0.4, 0.5) is 5.69 Å². The fourth-order valence-corrected chi connectivity index (χ4v) is 2.47. The number of rotatable bonds is 6. The Hall–Kier alpha value is -1.77. The Bertz CT molecular complexity index is 593. The lowest BCUT2D eigenvalue weighted by atomic mass is 10.0. The number of pyridine rings is 1. The van der Waals surface area contributed by atoms with E-state index in [1.54, 1.807) is 0 Å². The van der Waals surface area contributed by atoms with Crippen LogP contribution >= 0.6 is 0 Å². The normalized spacial score (nSPS) is 10.8. The van der Waals surface area contributed by atoms with Gasteiger partial charge in [0.05, 0.1) is 12.1 Å². The van der Waals surface area contributed by atoms with Crippen molar-refractivity contribution in [2.24, 2.45) is 0 Å². The number of hydrogen-bond donors (Lipinski definition) is 1. The number of hydrogen-bond acceptors (Lipinski definition) is 3. The van der Waals surface area contributed by atoms with E-state index in [1.165, 1.54) is 16.9 Å². The van der Waals surface area contributed by atoms with Crippen LogP contribution in [-0.4, -0.2) is 18.1 Å². The molecule has 1 aromatic carbocycles. The Morgan fingerprint density at radius 1 is 1.20 bits per heavy atom. The van der Waals surface area contributed by atoms with Crippen molar-refractivity contribution < 1.29 is 4.74 Å². The topological polar surface area (TPSA) is 34.2 Å². The number of anilines is 1. The van der Waals surface area contributed by atoms with Crippen molar-refractivity contribution in [1.82, 2.24) is 4.98 Å². The highest BCUT2D eigenvalue weighted by molar-refractivity contribution is 5.94. The summed E-state index contributed by atoms with van der Waals surface area (Å²) in [6.07, 6.45) is 2.06. The molecule has 3 heteroatoms. The highest BCUT2D eigenvalue weighted by Crippen LogP contribution is 2.31. The third-order valence-corrected chi connectivity index (χ3v) is 3.50. The Kier molecular flexibility index (Phi) is 4.83. The lowest BCUT2D eigenvalue weighted by molar-refractivity contribution is 0.340. The Morgan fingerprint density at radius 3 is 2.65 bits per heavy atom. The van der Waals surface area contributed by atoms with Crippen LogP contribution in [0.1, 0.15) is 38.4 Å². The molecule has 0 aliphatic heterocycles. The quantitative estimate of drug-likeness (QED) is 0.850. The molecule has 0 amide bonds. The molecular weight excluding hydrogens is 248 g/mol. The Balaban J connectivity index is 2.60. The van der Waals surface area contributed by atoms with E-state index in [0.717, 1.165) is 36.0 Å². The minimum absolute atomic E-state index is 0.683. The number of nitrogens with zero attached hydrogens (tertiary/aromatic N) is 1. The second-order valence-electron chi connectivity index (χ2n) is 4.95. The van der Waals surface area contributed by atoms with E-state index in [2.05, 4.69) is 38.2 Å². The van der Waals surface area contributed by atoms with Gasteiger partial charge in [0.1, 0.15) is 5.75 Å². The van der Waals surface area contributed by atoms with E-state index < -0.39 is 0 Å². The molecule has 1 N–H and O–H groups in total. The lowest BCUT2D eigenvalue weighted by Crippen LogP contribution is -2.06.